The van der Waals surface area contributed by atoms with Crippen molar-refractivity contribution >= 4 is 29.1 Å². The van der Waals surface area contributed by atoms with Crippen molar-refractivity contribution in [2.75, 3.05) is 6.54 Å². The molecule has 6 heteroatoms. The highest BCUT2D eigenvalue weighted by atomic mass is 32.1. The van der Waals surface area contributed by atoms with Gasteiger partial charge in [-0.05, 0) is 29.1 Å². The maximum Gasteiger partial charge on any atom is 0.254 e. The van der Waals surface area contributed by atoms with Crippen LogP contribution in [0.2, 0.25) is 0 Å². The van der Waals surface area contributed by atoms with Crippen LogP contribution in [-0.4, -0.2) is 34.1 Å². The molecule has 5 nitrogen and oxygen atoms in total. The molecule has 0 saturated carbocycles. The number of amides is 3. The predicted molar refractivity (Wildman–Crippen MR) is 100 cm³/mol. The molecule has 1 fully saturated rings. The molecule has 0 atom stereocenters. The van der Waals surface area contributed by atoms with Crippen molar-refractivity contribution in [3.05, 3.63) is 70.4 Å². The van der Waals surface area contributed by atoms with E-state index in [4.69, 9.17) is 0 Å². The Kier molecular flexibility index (Phi) is 5.63. The molecule has 1 aliphatic heterocycles. The minimum Gasteiger partial charge on any atom is -0.330 e. The van der Waals surface area contributed by atoms with Gasteiger partial charge in [-0.25, -0.2) is 0 Å². The van der Waals surface area contributed by atoms with Crippen LogP contribution < -0.4 is 0 Å². The van der Waals surface area contributed by atoms with Gasteiger partial charge in [0.25, 0.3) is 5.91 Å². The number of thiophene rings is 1. The predicted octanol–water partition coefficient (Wildman–Crippen LogP) is 3.23. The van der Waals surface area contributed by atoms with Crippen molar-refractivity contribution in [2.24, 2.45) is 0 Å². The zero-order valence-electron chi connectivity index (χ0n) is 14.4. The van der Waals surface area contributed by atoms with Crippen molar-refractivity contribution in [3.63, 3.8) is 0 Å². The largest absolute Gasteiger partial charge is 0.330 e. The lowest BCUT2D eigenvalue weighted by Gasteiger charge is -2.21. The van der Waals surface area contributed by atoms with E-state index in [1.807, 2.05) is 17.5 Å². The summed E-state index contributed by atoms with van der Waals surface area (Å²) in [6.07, 6.45) is 2.29. The van der Waals surface area contributed by atoms with E-state index in [0.717, 1.165) is 10.4 Å². The topological polar surface area (TPSA) is 57.7 Å². The fourth-order valence-electron chi connectivity index (χ4n) is 2.88. The fraction of sp³-hybridized carbons (Fsp3) is 0.250. The Morgan fingerprint density at radius 3 is 2.42 bits per heavy atom. The van der Waals surface area contributed by atoms with E-state index in [9.17, 15) is 14.4 Å². The average molecular weight is 368 g/mol. The molecule has 26 heavy (non-hydrogen) atoms. The van der Waals surface area contributed by atoms with Crippen LogP contribution in [0.3, 0.4) is 0 Å². The highest BCUT2D eigenvalue weighted by Gasteiger charge is 2.28. The smallest absolute Gasteiger partial charge is 0.254 e. The summed E-state index contributed by atoms with van der Waals surface area (Å²) in [5.41, 5.74) is 1.41. The van der Waals surface area contributed by atoms with Gasteiger partial charge in [0, 0.05) is 29.8 Å². The molecular weight excluding hydrogens is 348 g/mol. The molecule has 2 heterocycles. The van der Waals surface area contributed by atoms with Crippen molar-refractivity contribution in [2.45, 2.75) is 25.9 Å². The Balaban J connectivity index is 1.69. The fourth-order valence-corrected chi connectivity index (χ4v) is 3.60. The molecule has 0 unspecified atom stereocenters. The van der Waals surface area contributed by atoms with Gasteiger partial charge in [0.15, 0.2) is 0 Å². The molecule has 1 aromatic heterocycles. The SMILES string of the molecule is C=CCN(Cc1cccs1)C(=O)c1ccc(CN2C(=O)CCC2=O)cc1. The molecule has 0 spiro atoms. The van der Waals surface area contributed by atoms with Gasteiger partial charge in [0.1, 0.15) is 0 Å². The number of rotatable bonds is 7. The second kappa shape index (κ2) is 8.10. The summed E-state index contributed by atoms with van der Waals surface area (Å²) in [6, 6.07) is 11.0. The van der Waals surface area contributed by atoms with Crippen molar-refractivity contribution in [1.29, 1.82) is 0 Å². The van der Waals surface area contributed by atoms with Crippen molar-refractivity contribution in [1.82, 2.24) is 9.80 Å². The van der Waals surface area contributed by atoms with Gasteiger partial charge >= 0.3 is 0 Å². The number of carbonyl (C=O) groups excluding carboxylic acids is 3. The zero-order valence-corrected chi connectivity index (χ0v) is 15.2. The van der Waals surface area contributed by atoms with Crippen LogP contribution in [-0.2, 0) is 22.7 Å². The molecule has 1 aromatic carbocycles. The maximum absolute atomic E-state index is 12.8. The van der Waals surface area contributed by atoms with Crippen LogP contribution in [0.5, 0.6) is 0 Å². The average Bonchev–Trinajstić information content (AvgIpc) is 3.27. The Hall–Kier alpha value is -2.73. The van der Waals surface area contributed by atoms with E-state index < -0.39 is 0 Å². The third kappa shape index (κ3) is 4.08. The number of hydrogen-bond acceptors (Lipinski definition) is 4. The number of likely N-dealkylation sites (tertiary alicyclic amines) is 1. The van der Waals surface area contributed by atoms with E-state index in [0.29, 0.717) is 18.7 Å². The first-order valence-electron chi connectivity index (χ1n) is 8.43. The lowest BCUT2D eigenvalue weighted by Crippen LogP contribution is -2.30. The zero-order chi connectivity index (χ0) is 18.5. The normalized spacial score (nSPS) is 13.9. The van der Waals surface area contributed by atoms with Crippen LogP contribution in [0.1, 0.15) is 33.6 Å². The van der Waals surface area contributed by atoms with Gasteiger partial charge in [-0.15, -0.1) is 17.9 Å². The number of imide groups is 1. The maximum atomic E-state index is 12.8. The molecule has 134 valence electrons. The molecule has 0 N–H and O–H groups in total. The summed E-state index contributed by atoms with van der Waals surface area (Å²) in [4.78, 5) is 40.3. The minimum absolute atomic E-state index is 0.0711. The standard InChI is InChI=1S/C20H20N2O3S/c1-2-11-21(14-17-4-3-12-26-17)20(25)16-7-5-15(6-8-16)13-22-18(23)9-10-19(22)24/h2-8,12H,1,9-11,13-14H2. The Morgan fingerprint density at radius 2 is 1.85 bits per heavy atom. The van der Waals surface area contributed by atoms with Gasteiger partial charge in [-0.2, -0.15) is 0 Å². The summed E-state index contributed by atoms with van der Waals surface area (Å²) < 4.78 is 0. The number of hydrogen-bond donors (Lipinski definition) is 0. The van der Waals surface area contributed by atoms with Gasteiger partial charge in [0.05, 0.1) is 13.1 Å². The van der Waals surface area contributed by atoms with Gasteiger partial charge in [-0.1, -0.05) is 24.3 Å². The summed E-state index contributed by atoms with van der Waals surface area (Å²) in [5.74, 6) is -0.343. The molecule has 0 aliphatic carbocycles. The van der Waals surface area contributed by atoms with Crippen LogP contribution >= 0.6 is 11.3 Å². The Labute approximate surface area is 156 Å². The van der Waals surface area contributed by atoms with E-state index in [-0.39, 0.29) is 37.1 Å². The highest BCUT2D eigenvalue weighted by Crippen LogP contribution is 2.18. The van der Waals surface area contributed by atoms with Gasteiger partial charge in [0.2, 0.25) is 11.8 Å². The first kappa shape index (κ1) is 18.1. The first-order valence-corrected chi connectivity index (χ1v) is 9.31. The molecular formula is C20H20N2O3S. The van der Waals surface area contributed by atoms with Crippen LogP contribution in [0.25, 0.3) is 0 Å². The Morgan fingerprint density at radius 1 is 1.15 bits per heavy atom. The van der Waals surface area contributed by atoms with Crippen LogP contribution in [0.4, 0.5) is 0 Å². The van der Waals surface area contributed by atoms with E-state index >= 15 is 0 Å². The summed E-state index contributed by atoms with van der Waals surface area (Å²) in [6.45, 7) is 5.00. The molecule has 0 bridgehead atoms. The third-order valence-corrected chi connectivity index (χ3v) is 5.12. The van der Waals surface area contributed by atoms with Gasteiger partial charge < -0.3 is 4.90 Å². The van der Waals surface area contributed by atoms with Crippen LogP contribution in [0.15, 0.2) is 54.4 Å². The lowest BCUT2D eigenvalue weighted by molar-refractivity contribution is -0.139. The second-order valence-electron chi connectivity index (χ2n) is 6.12. The highest BCUT2D eigenvalue weighted by molar-refractivity contribution is 7.09. The number of benzene rings is 1. The van der Waals surface area contributed by atoms with Gasteiger partial charge in [-0.3, -0.25) is 19.3 Å². The number of nitrogens with zero attached hydrogens (tertiary/aromatic N) is 2. The molecule has 3 amide bonds. The van der Waals surface area contributed by atoms with E-state index in [1.165, 1.54) is 4.90 Å². The molecule has 3 rings (SSSR count). The van der Waals surface area contributed by atoms with Crippen molar-refractivity contribution < 1.29 is 14.4 Å². The Bertz CT molecular complexity index is 796. The van der Waals surface area contributed by atoms with E-state index in [1.54, 1.807) is 46.6 Å². The first-order chi connectivity index (χ1) is 12.6. The molecule has 2 aromatic rings. The van der Waals surface area contributed by atoms with Crippen molar-refractivity contribution in [3.8, 4) is 0 Å². The molecule has 1 aliphatic rings. The lowest BCUT2D eigenvalue weighted by atomic mass is 10.1. The number of carbonyl (C=O) groups is 3. The van der Waals surface area contributed by atoms with E-state index in [2.05, 4.69) is 6.58 Å². The quantitative estimate of drug-likeness (QED) is 0.557. The second-order valence-corrected chi connectivity index (χ2v) is 7.16. The summed E-state index contributed by atoms with van der Waals surface area (Å²) in [5, 5.41) is 1.99. The van der Waals surface area contributed by atoms with Crippen LogP contribution in [0, 0.1) is 0 Å². The molecule has 1 saturated heterocycles. The monoisotopic (exact) mass is 368 g/mol. The third-order valence-electron chi connectivity index (χ3n) is 4.26. The molecule has 0 radical (unpaired) electrons. The minimum atomic E-state index is -0.136. The summed E-state index contributed by atoms with van der Waals surface area (Å²) >= 11 is 1.61. The summed E-state index contributed by atoms with van der Waals surface area (Å²) in [7, 11) is 0.